The molecule has 7 nitrogen and oxygen atoms in total. The second-order valence-electron chi connectivity index (χ2n) is 6.75. The second-order valence-corrected chi connectivity index (χ2v) is 6.75. The van der Waals surface area contributed by atoms with Gasteiger partial charge in [0.25, 0.3) is 0 Å². The molecular formula is C20H28N2O5. The number of ether oxygens (including phenoxy) is 1. The van der Waals surface area contributed by atoms with Crippen LogP contribution in [-0.4, -0.2) is 59.1 Å². The Kier molecular flexibility index (Phi) is 7.79. The van der Waals surface area contributed by atoms with Gasteiger partial charge >= 0.3 is 11.9 Å². The smallest absolute Gasteiger partial charge is 0.326 e. The van der Waals surface area contributed by atoms with E-state index in [-0.39, 0.29) is 12.5 Å². The zero-order chi connectivity index (χ0) is 19.8. The standard InChI is InChI=1S/C20H28N2O5/c1-3-27-20(26)16(12-11-15-8-5-4-6-9-15)21-14(2)18(23)22-13-7-10-17(22)19(24)25/h4-6,8-9,14,16-17,21H,3,7,10-13H2,1-2H3,(H,24,25)/t14-,16-,17+/m1/s1. The second kappa shape index (κ2) is 10.1. The molecule has 1 aliphatic rings. The third-order valence-corrected chi connectivity index (χ3v) is 4.78. The SMILES string of the molecule is CCOC(=O)[C@@H](CCc1ccccc1)N[C@H](C)C(=O)N1CCC[C@H]1C(=O)O. The van der Waals surface area contributed by atoms with Crippen LogP contribution >= 0.6 is 0 Å². The Hall–Kier alpha value is -2.41. The van der Waals surface area contributed by atoms with Crippen LogP contribution in [0.15, 0.2) is 30.3 Å². The molecule has 7 heteroatoms. The van der Waals surface area contributed by atoms with E-state index >= 15 is 0 Å². The summed E-state index contributed by atoms with van der Waals surface area (Å²) in [6, 6.07) is 7.69. The number of carbonyl (C=O) groups is 3. The largest absolute Gasteiger partial charge is 0.480 e. The van der Waals surface area contributed by atoms with E-state index in [9.17, 15) is 19.5 Å². The molecule has 0 aliphatic carbocycles. The van der Waals surface area contributed by atoms with Crippen molar-refractivity contribution < 1.29 is 24.2 Å². The minimum absolute atomic E-state index is 0.262. The van der Waals surface area contributed by atoms with Crippen LogP contribution < -0.4 is 5.32 Å². The molecule has 0 bridgehead atoms. The van der Waals surface area contributed by atoms with Crippen molar-refractivity contribution in [3.05, 3.63) is 35.9 Å². The van der Waals surface area contributed by atoms with Crippen molar-refractivity contribution in [1.29, 1.82) is 0 Å². The number of aliphatic carboxylic acids is 1. The average molecular weight is 376 g/mol. The topological polar surface area (TPSA) is 95.9 Å². The monoisotopic (exact) mass is 376 g/mol. The number of aryl methyl sites for hydroxylation is 1. The molecular weight excluding hydrogens is 348 g/mol. The van der Waals surface area contributed by atoms with Crippen LogP contribution in [0.4, 0.5) is 0 Å². The van der Waals surface area contributed by atoms with Crippen molar-refractivity contribution in [2.75, 3.05) is 13.2 Å². The number of carbonyl (C=O) groups excluding carboxylic acids is 2. The molecule has 2 N–H and O–H groups in total. The molecule has 1 amide bonds. The highest BCUT2D eigenvalue weighted by Crippen LogP contribution is 2.19. The summed E-state index contributed by atoms with van der Waals surface area (Å²) in [5, 5.41) is 12.3. The van der Waals surface area contributed by atoms with Gasteiger partial charge in [-0.15, -0.1) is 0 Å². The molecule has 1 aliphatic heterocycles. The number of nitrogens with one attached hydrogen (secondary N) is 1. The molecule has 0 aromatic heterocycles. The molecule has 0 unspecified atom stereocenters. The molecule has 0 radical (unpaired) electrons. The van der Waals surface area contributed by atoms with E-state index in [1.165, 1.54) is 4.90 Å². The quantitative estimate of drug-likeness (QED) is 0.636. The number of rotatable bonds is 9. The molecule has 2 rings (SSSR count). The number of benzene rings is 1. The average Bonchev–Trinajstić information content (AvgIpc) is 3.15. The Labute approximate surface area is 159 Å². The Balaban J connectivity index is 2.01. The third-order valence-electron chi connectivity index (χ3n) is 4.78. The Morgan fingerprint density at radius 2 is 2.00 bits per heavy atom. The lowest BCUT2D eigenvalue weighted by atomic mass is 10.0. The van der Waals surface area contributed by atoms with Crippen molar-refractivity contribution >= 4 is 17.8 Å². The van der Waals surface area contributed by atoms with Crippen molar-refractivity contribution in [2.45, 2.75) is 57.7 Å². The number of amides is 1. The summed E-state index contributed by atoms with van der Waals surface area (Å²) in [6.07, 6.45) is 2.29. The first-order chi connectivity index (χ1) is 12.9. The molecule has 1 saturated heterocycles. The van der Waals surface area contributed by atoms with E-state index in [1.807, 2.05) is 30.3 Å². The van der Waals surface area contributed by atoms with Crippen LogP contribution in [0.3, 0.4) is 0 Å². The molecule has 148 valence electrons. The van der Waals surface area contributed by atoms with Gasteiger partial charge in [-0.1, -0.05) is 30.3 Å². The lowest BCUT2D eigenvalue weighted by Crippen LogP contribution is -2.53. The Bertz CT molecular complexity index is 649. The third kappa shape index (κ3) is 5.79. The molecule has 0 saturated carbocycles. The fraction of sp³-hybridized carbons (Fsp3) is 0.550. The van der Waals surface area contributed by atoms with Gasteiger partial charge < -0.3 is 14.7 Å². The summed E-state index contributed by atoms with van der Waals surface area (Å²) >= 11 is 0. The molecule has 1 aromatic carbocycles. The molecule has 27 heavy (non-hydrogen) atoms. The van der Waals surface area contributed by atoms with Crippen molar-refractivity contribution in [1.82, 2.24) is 10.2 Å². The van der Waals surface area contributed by atoms with E-state index in [1.54, 1.807) is 13.8 Å². The number of hydrogen-bond acceptors (Lipinski definition) is 5. The normalized spacial score (nSPS) is 18.7. The minimum Gasteiger partial charge on any atom is -0.480 e. The summed E-state index contributed by atoms with van der Waals surface area (Å²) in [5.74, 6) is -1.68. The number of hydrogen-bond donors (Lipinski definition) is 2. The maximum absolute atomic E-state index is 12.7. The first kappa shape index (κ1) is 20.9. The molecule has 1 heterocycles. The summed E-state index contributed by atoms with van der Waals surface area (Å²) in [6.45, 7) is 4.09. The number of carboxylic acid groups (broad SMARTS) is 1. The predicted octanol–water partition coefficient (Wildman–Crippen LogP) is 1.60. The van der Waals surface area contributed by atoms with Gasteiger partial charge in [-0.25, -0.2) is 4.79 Å². The predicted molar refractivity (Wildman–Crippen MR) is 100 cm³/mol. The first-order valence-electron chi connectivity index (χ1n) is 9.44. The Morgan fingerprint density at radius 3 is 2.63 bits per heavy atom. The van der Waals surface area contributed by atoms with Crippen molar-refractivity contribution in [3.8, 4) is 0 Å². The number of nitrogens with zero attached hydrogens (tertiary/aromatic N) is 1. The Morgan fingerprint density at radius 1 is 1.30 bits per heavy atom. The van der Waals surface area contributed by atoms with Crippen molar-refractivity contribution in [3.63, 3.8) is 0 Å². The number of carboxylic acids is 1. The maximum Gasteiger partial charge on any atom is 0.326 e. The van der Waals surface area contributed by atoms with Crippen LogP contribution in [0, 0.1) is 0 Å². The van der Waals surface area contributed by atoms with Gasteiger partial charge in [0.05, 0.1) is 12.6 Å². The van der Waals surface area contributed by atoms with Gasteiger partial charge in [0, 0.05) is 6.54 Å². The van der Waals surface area contributed by atoms with Gasteiger partial charge in [0.15, 0.2) is 0 Å². The van der Waals surface area contributed by atoms with Crippen LogP contribution in [0.1, 0.15) is 38.7 Å². The lowest BCUT2D eigenvalue weighted by molar-refractivity contribution is -0.150. The highest BCUT2D eigenvalue weighted by atomic mass is 16.5. The summed E-state index contributed by atoms with van der Waals surface area (Å²) < 4.78 is 5.14. The molecule has 3 atom stereocenters. The zero-order valence-corrected chi connectivity index (χ0v) is 15.9. The number of likely N-dealkylation sites (tertiary alicyclic amines) is 1. The van der Waals surface area contributed by atoms with Crippen LogP contribution in [0.25, 0.3) is 0 Å². The van der Waals surface area contributed by atoms with Gasteiger partial charge in [0.2, 0.25) is 5.91 Å². The molecule has 1 aromatic rings. The van der Waals surface area contributed by atoms with E-state index in [2.05, 4.69) is 5.32 Å². The van der Waals surface area contributed by atoms with E-state index in [4.69, 9.17) is 4.74 Å². The van der Waals surface area contributed by atoms with Crippen LogP contribution in [-0.2, 0) is 25.5 Å². The minimum atomic E-state index is -0.987. The van der Waals surface area contributed by atoms with Crippen molar-refractivity contribution in [2.24, 2.45) is 0 Å². The highest BCUT2D eigenvalue weighted by Gasteiger charge is 2.36. The van der Waals surface area contributed by atoms with E-state index in [0.717, 1.165) is 5.56 Å². The summed E-state index contributed by atoms with van der Waals surface area (Å²) in [4.78, 5) is 37.7. The van der Waals surface area contributed by atoms with E-state index < -0.39 is 30.1 Å². The summed E-state index contributed by atoms with van der Waals surface area (Å²) in [5.41, 5.74) is 1.10. The van der Waals surface area contributed by atoms with Gasteiger partial charge in [-0.2, -0.15) is 0 Å². The van der Waals surface area contributed by atoms with Crippen LogP contribution in [0.5, 0.6) is 0 Å². The summed E-state index contributed by atoms with van der Waals surface area (Å²) in [7, 11) is 0. The van der Waals surface area contributed by atoms with Gasteiger partial charge in [-0.3, -0.25) is 14.9 Å². The first-order valence-corrected chi connectivity index (χ1v) is 9.44. The zero-order valence-electron chi connectivity index (χ0n) is 15.9. The number of esters is 1. The van der Waals surface area contributed by atoms with Gasteiger partial charge in [-0.05, 0) is 45.1 Å². The molecule has 1 fully saturated rings. The fourth-order valence-electron chi connectivity index (χ4n) is 3.38. The maximum atomic E-state index is 12.7. The highest BCUT2D eigenvalue weighted by molar-refractivity contribution is 5.88. The van der Waals surface area contributed by atoms with Crippen LogP contribution in [0.2, 0.25) is 0 Å². The lowest BCUT2D eigenvalue weighted by Gasteiger charge is -2.27. The van der Waals surface area contributed by atoms with E-state index in [0.29, 0.717) is 32.2 Å². The molecule has 0 spiro atoms. The fourth-order valence-corrected chi connectivity index (χ4v) is 3.38. The van der Waals surface area contributed by atoms with Gasteiger partial charge in [0.1, 0.15) is 12.1 Å².